The molecule has 0 bridgehead atoms. The third-order valence-electron chi connectivity index (χ3n) is 3.10. The molecule has 0 atom stereocenters. The van der Waals surface area contributed by atoms with E-state index in [0.29, 0.717) is 12.6 Å². The Morgan fingerprint density at radius 3 is 2.95 bits per heavy atom. The Balaban J connectivity index is 1.73. The van der Waals surface area contributed by atoms with Gasteiger partial charge in [0.2, 0.25) is 0 Å². The molecule has 112 valence electrons. The normalized spacial score (nSPS) is 15.1. The predicted octanol–water partition coefficient (Wildman–Crippen LogP) is 2.33. The minimum absolute atomic E-state index is 0.103. The van der Waals surface area contributed by atoms with Crippen LogP contribution in [0.1, 0.15) is 17.7 Å². The lowest BCUT2D eigenvalue weighted by Crippen LogP contribution is -2.15. The molecule has 8 heteroatoms. The Hall–Kier alpha value is -1.51. The number of hydrogen-bond acceptors (Lipinski definition) is 5. The number of thiophene rings is 1. The molecule has 0 amide bonds. The molecule has 2 aromatic heterocycles. The van der Waals surface area contributed by atoms with Gasteiger partial charge in [-0.25, -0.2) is 12.8 Å². The number of hydrogen-bond donors (Lipinski definition) is 2. The highest BCUT2D eigenvalue weighted by molar-refractivity contribution is 7.92. The van der Waals surface area contributed by atoms with Gasteiger partial charge in [-0.2, -0.15) is 0 Å². The van der Waals surface area contributed by atoms with Crippen LogP contribution in [0.3, 0.4) is 0 Å². The minimum Gasteiger partial charge on any atom is -0.309 e. The van der Waals surface area contributed by atoms with Crippen molar-refractivity contribution in [2.75, 3.05) is 4.72 Å². The molecule has 0 aromatic carbocycles. The molecular formula is C13H14FN3O2S2. The molecule has 0 saturated heterocycles. The highest BCUT2D eigenvalue weighted by Gasteiger charge is 2.21. The van der Waals surface area contributed by atoms with Crippen molar-refractivity contribution in [2.45, 2.75) is 30.3 Å². The first-order chi connectivity index (χ1) is 10.0. The number of nitrogens with one attached hydrogen (secondary N) is 2. The SMILES string of the molecule is O=S(=O)(Nc1ccncc1F)c1csc(CNC2CC2)c1. The Bertz CT molecular complexity index is 741. The molecule has 2 N–H and O–H groups in total. The molecule has 0 unspecified atom stereocenters. The average Bonchev–Trinajstić information content (AvgIpc) is 3.15. The van der Waals surface area contributed by atoms with E-state index < -0.39 is 15.8 Å². The summed E-state index contributed by atoms with van der Waals surface area (Å²) >= 11 is 1.37. The van der Waals surface area contributed by atoms with Crippen LogP contribution in [0.25, 0.3) is 0 Å². The van der Waals surface area contributed by atoms with Gasteiger partial charge in [-0.05, 0) is 25.0 Å². The van der Waals surface area contributed by atoms with Crippen molar-refractivity contribution in [3.8, 4) is 0 Å². The van der Waals surface area contributed by atoms with Crippen molar-refractivity contribution in [3.05, 3.63) is 40.6 Å². The molecule has 3 rings (SSSR count). The van der Waals surface area contributed by atoms with Crippen LogP contribution >= 0.6 is 11.3 Å². The summed E-state index contributed by atoms with van der Waals surface area (Å²) in [6, 6.07) is 3.47. The van der Waals surface area contributed by atoms with Crippen molar-refractivity contribution in [3.63, 3.8) is 0 Å². The standard InChI is InChI=1S/C13H14FN3O2S2/c14-12-7-15-4-3-13(12)17-21(18,19)11-5-10(20-8-11)6-16-9-1-2-9/h3-5,7-9,16H,1-2,6H2,(H,15,17). The van der Waals surface area contributed by atoms with E-state index in [-0.39, 0.29) is 10.6 Å². The summed E-state index contributed by atoms with van der Waals surface area (Å²) in [6.07, 6.45) is 4.66. The van der Waals surface area contributed by atoms with Crippen molar-refractivity contribution in [1.82, 2.24) is 10.3 Å². The van der Waals surface area contributed by atoms with E-state index in [1.165, 1.54) is 36.4 Å². The summed E-state index contributed by atoms with van der Waals surface area (Å²) < 4.78 is 40.1. The number of rotatable bonds is 6. The maximum Gasteiger partial charge on any atom is 0.262 e. The van der Waals surface area contributed by atoms with Gasteiger partial charge in [0.15, 0.2) is 5.82 Å². The lowest BCUT2D eigenvalue weighted by Gasteiger charge is -2.06. The largest absolute Gasteiger partial charge is 0.309 e. The second-order valence-corrected chi connectivity index (χ2v) is 7.54. The Labute approximate surface area is 126 Å². The second kappa shape index (κ2) is 5.70. The number of aromatic nitrogens is 1. The van der Waals surface area contributed by atoms with Crippen LogP contribution in [-0.2, 0) is 16.6 Å². The summed E-state index contributed by atoms with van der Waals surface area (Å²) in [5, 5.41) is 4.88. The van der Waals surface area contributed by atoms with Crippen LogP contribution in [0.2, 0.25) is 0 Å². The highest BCUT2D eigenvalue weighted by Crippen LogP contribution is 2.24. The number of sulfonamides is 1. The van der Waals surface area contributed by atoms with Gasteiger partial charge in [-0.15, -0.1) is 11.3 Å². The topological polar surface area (TPSA) is 71.1 Å². The van der Waals surface area contributed by atoms with Gasteiger partial charge in [0.1, 0.15) is 0 Å². The maximum atomic E-state index is 13.5. The van der Waals surface area contributed by atoms with E-state index in [0.717, 1.165) is 11.1 Å². The van der Waals surface area contributed by atoms with Gasteiger partial charge >= 0.3 is 0 Å². The molecule has 1 saturated carbocycles. The quantitative estimate of drug-likeness (QED) is 0.854. The molecule has 0 aliphatic heterocycles. The molecule has 5 nitrogen and oxygen atoms in total. The van der Waals surface area contributed by atoms with Crippen molar-refractivity contribution in [2.24, 2.45) is 0 Å². The Morgan fingerprint density at radius 1 is 1.43 bits per heavy atom. The number of anilines is 1. The monoisotopic (exact) mass is 327 g/mol. The van der Waals surface area contributed by atoms with E-state index in [1.807, 2.05) is 0 Å². The Kier molecular flexibility index (Phi) is 3.92. The van der Waals surface area contributed by atoms with Crippen LogP contribution in [0.4, 0.5) is 10.1 Å². The smallest absolute Gasteiger partial charge is 0.262 e. The molecule has 0 spiro atoms. The van der Waals surface area contributed by atoms with Gasteiger partial charge in [-0.3, -0.25) is 9.71 Å². The summed E-state index contributed by atoms with van der Waals surface area (Å²) in [4.78, 5) is 4.67. The fourth-order valence-electron chi connectivity index (χ4n) is 1.79. The predicted molar refractivity (Wildman–Crippen MR) is 79.2 cm³/mol. The fourth-order valence-corrected chi connectivity index (χ4v) is 4.08. The van der Waals surface area contributed by atoms with Crippen LogP contribution in [0.5, 0.6) is 0 Å². The first-order valence-corrected chi connectivity index (χ1v) is 8.84. The van der Waals surface area contributed by atoms with E-state index in [9.17, 15) is 12.8 Å². The summed E-state index contributed by atoms with van der Waals surface area (Å²) in [6.45, 7) is 0.661. The van der Waals surface area contributed by atoms with Crippen LogP contribution < -0.4 is 10.0 Å². The van der Waals surface area contributed by atoms with Crippen LogP contribution in [-0.4, -0.2) is 19.4 Å². The molecule has 2 aromatic rings. The molecule has 1 aliphatic rings. The number of nitrogens with zero attached hydrogens (tertiary/aromatic N) is 1. The number of halogens is 1. The van der Waals surface area contributed by atoms with Crippen molar-refractivity contribution < 1.29 is 12.8 Å². The molecule has 2 heterocycles. The van der Waals surface area contributed by atoms with E-state index in [4.69, 9.17) is 0 Å². The highest BCUT2D eigenvalue weighted by atomic mass is 32.2. The van der Waals surface area contributed by atoms with Crippen molar-refractivity contribution >= 4 is 27.0 Å². The minimum atomic E-state index is -3.77. The summed E-state index contributed by atoms with van der Waals surface area (Å²) in [7, 11) is -3.77. The van der Waals surface area contributed by atoms with Gasteiger partial charge in [0, 0.05) is 29.0 Å². The zero-order valence-electron chi connectivity index (χ0n) is 11.0. The zero-order valence-corrected chi connectivity index (χ0v) is 12.7. The summed E-state index contributed by atoms with van der Waals surface area (Å²) in [5.41, 5.74) is -0.103. The zero-order chi connectivity index (χ0) is 14.9. The molecule has 21 heavy (non-hydrogen) atoms. The first kappa shape index (κ1) is 14.4. The van der Waals surface area contributed by atoms with Gasteiger partial charge in [0.05, 0.1) is 16.8 Å². The van der Waals surface area contributed by atoms with Gasteiger partial charge in [0.25, 0.3) is 10.0 Å². The Morgan fingerprint density at radius 2 is 2.24 bits per heavy atom. The first-order valence-electron chi connectivity index (χ1n) is 6.48. The molecule has 1 fully saturated rings. The van der Waals surface area contributed by atoms with Crippen molar-refractivity contribution in [1.29, 1.82) is 0 Å². The average molecular weight is 327 g/mol. The van der Waals surface area contributed by atoms with E-state index >= 15 is 0 Å². The van der Waals surface area contributed by atoms with Gasteiger partial charge in [-0.1, -0.05) is 0 Å². The third-order valence-corrected chi connectivity index (χ3v) is 5.53. The van der Waals surface area contributed by atoms with Crippen LogP contribution in [0, 0.1) is 5.82 Å². The second-order valence-electron chi connectivity index (χ2n) is 4.86. The third kappa shape index (κ3) is 3.58. The van der Waals surface area contributed by atoms with E-state index in [2.05, 4.69) is 15.0 Å². The lowest BCUT2D eigenvalue weighted by atomic mass is 10.4. The molecule has 1 aliphatic carbocycles. The van der Waals surface area contributed by atoms with E-state index in [1.54, 1.807) is 11.4 Å². The fraction of sp³-hybridized carbons (Fsp3) is 0.308. The molecule has 0 radical (unpaired) electrons. The summed E-state index contributed by atoms with van der Waals surface area (Å²) in [5.74, 6) is -0.702. The van der Waals surface area contributed by atoms with Crippen LogP contribution in [0.15, 0.2) is 34.8 Å². The lowest BCUT2D eigenvalue weighted by molar-refractivity contribution is 0.598. The number of pyridine rings is 1. The van der Waals surface area contributed by atoms with Gasteiger partial charge < -0.3 is 5.32 Å². The molecular weight excluding hydrogens is 313 g/mol. The maximum absolute atomic E-state index is 13.5.